The number of nitrogens with zero attached hydrogens (tertiary/aromatic N) is 5. The largest absolute Gasteiger partial charge is 0.306 e. The fourth-order valence-electron chi connectivity index (χ4n) is 2.91. The third kappa shape index (κ3) is 4.15. The Morgan fingerprint density at radius 3 is 2.68 bits per heavy atom. The minimum atomic E-state index is -0.0930. The first-order valence-corrected chi connectivity index (χ1v) is 9.79. The maximum absolute atomic E-state index is 13.1. The van der Waals surface area contributed by atoms with Crippen LogP contribution in [0.2, 0.25) is 0 Å². The van der Waals surface area contributed by atoms with E-state index in [1.807, 2.05) is 79.0 Å². The number of thiophene rings is 1. The Hall–Kier alpha value is -3.32. The summed E-state index contributed by atoms with van der Waals surface area (Å²) in [5.74, 6) is 0.442. The Labute approximate surface area is 167 Å². The van der Waals surface area contributed by atoms with Crippen LogP contribution >= 0.6 is 11.3 Å². The van der Waals surface area contributed by atoms with E-state index in [0.29, 0.717) is 12.4 Å². The molecule has 0 bridgehead atoms. The summed E-state index contributed by atoms with van der Waals surface area (Å²) in [6, 6.07) is 21.7. The SMILES string of the molecule is Cc1cccc(N(Cc2ccccc2)C(=O)Cn2nnc(-c3cccs3)n2)c1. The average molecular weight is 389 g/mol. The Bertz CT molecular complexity index is 1060. The Morgan fingerprint density at radius 2 is 1.93 bits per heavy atom. The molecule has 0 spiro atoms. The molecule has 4 aromatic rings. The first-order chi connectivity index (χ1) is 13.7. The lowest BCUT2D eigenvalue weighted by atomic mass is 10.1. The molecule has 0 fully saturated rings. The van der Waals surface area contributed by atoms with E-state index in [9.17, 15) is 4.79 Å². The van der Waals surface area contributed by atoms with Gasteiger partial charge in [-0.1, -0.05) is 48.5 Å². The summed E-state index contributed by atoms with van der Waals surface area (Å²) in [6.07, 6.45) is 0. The molecule has 0 saturated heterocycles. The number of carbonyl (C=O) groups excluding carboxylic acids is 1. The number of tetrazole rings is 1. The van der Waals surface area contributed by atoms with Crippen LogP contribution in [0.4, 0.5) is 5.69 Å². The second-order valence-corrected chi connectivity index (χ2v) is 7.37. The standard InChI is InChI=1S/C21H19N5OS/c1-16-7-5-10-18(13-16)25(14-17-8-3-2-4-9-17)20(27)15-26-23-21(22-24-26)19-11-6-12-28-19/h2-13H,14-15H2,1H3. The lowest BCUT2D eigenvalue weighted by molar-refractivity contribution is -0.119. The van der Waals surface area contributed by atoms with Gasteiger partial charge in [0.1, 0.15) is 6.54 Å². The highest BCUT2D eigenvalue weighted by atomic mass is 32.1. The smallest absolute Gasteiger partial charge is 0.250 e. The van der Waals surface area contributed by atoms with Crippen molar-refractivity contribution in [2.24, 2.45) is 0 Å². The maximum Gasteiger partial charge on any atom is 0.250 e. The fourth-order valence-corrected chi connectivity index (χ4v) is 3.55. The van der Waals surface area contributed by atoms with Gasteiger partial charge in [0.25, 0.3) is 5.91 Å². The summed E-state index contributed by atoms with van der Waals surface area (Å²) < 4.78 is 0. The van der Waals surface area contributed by atoms with Crippen LogP contribution in [-0.4, -0.2) is 26.1 Å². The van der Waals surface area contributed by atoms with Crippen LogP contribution < -0.4 is 4.90 Å². The average Bonchev–Trinajstić information content (AvgIpc) is 3.38. The molecule has 0 unspecified atom stereocenters. The quantitative estimate of drug-likeness (QED) is 0.501. The van der Waals surface area contributed by atoms with E-state index in [2.05, 4.69) is 15.4 Å². The highest BCUT2D eigenvalue weighted by Crippen LogP contribution is 2.21. The summed E-state index contributed by atoms with van der Waals surface area (Å²) in [4.78, 5) is 17.2. The normalized spacial score (nSPS) is 10.8. The van der Waals surface area contributed by atoms with E-state index in [0.717, 1.165) is 21.7 Å². The second kappa shape index (κ2) is 8.14. The predicted octanol–water partition coefficient (Wildman–Crippen LogP) is 3.94. The second-order valence-electron chi connectivity index (χ2n) is 6.43. The van der Waals surface area contributed by atoms with Gasteiger partial charge in [0.2, 0.25) is 5.82 Å². The van der Waals surface area contributed by atoms with E-state index < -0.39 is 0 Å². The third-order valence-corrected chi connectivity index (χ3v) is 5.13. The highest BCUT2D eigenvalue weighted by Gasteiger charge is 2.19. The van der Waals surface area contributed by atoms with Gasteiger partial charge < -0.3 is 4.90 Å². The monoisotopic (exact) mass is 389 g/mol. The molecule has 0 atom stereocenters. The van der Waals surface area contributed by atoms with E-state index in [-0.39, 0.29) is 12.5 Å². The number of rotatable bonds is 6. The van der Waals surface area contributed by atoms with Crippen molar-refractivity contribution < 1.29 is 4.79 Å². The number of aromatic nitrogens is 4. The third-order valence-electron chi connectivity index (χ3n) is 4.27. The molecular formula is C21H19N5OS. The predicted molar refractivity (Wildman–Crippen MR) is 110 cm³/mol. The summed E-state index contributed by atoms with van der Waals surface area (Å²) in [5.41, 5.74) is 3.01. The van der Waals surface area contributed by atoms with E-state index in [4.69, 9.17) is 0 Å². The topological polar surface area (TPSA) is 63.9 Å². The van der Waals surface area contributed by atoms with E-state index in [1.165, 1.54) is 4.80 Å². The van der Waals surface area contributed by atoms with Crippen LogP contribution in [0.5, 0.6) is 0 Å². The zero-order chi connectivity index (χ0) is 19.3. The van der Waals surface area contributed by atoms with Crippen molar-refractivity contribution in [3.05, 3.63) is 83.2 Å². The summed E-state index contributed by atoms with van der Waals surface area (Å²) in [6.45, 7) is 2.52. The number of hydrogen-bond donors (Lipinski definition) is 0. The van der Waals surface area contributed by atoms with Crippen LogP contribution in [-0.2, 0) is 17.9 Å². The minimum Gasteiger partial charge on any atom is -0.306 e. The maximum atomic E-state index is 13.1. The van der Waals surface area contributed by atoms with Crippen molar-refractivity contribution in [1.29, 1.82) is 0 Å². The van der Waals surface area contributed by atoms with Crippen molar-refractivity contribution >= 4 is 22.9 Å². The van der Waals surface area contributed by atoms with Crippen molar-refractivity contribution in [2.75, 3.05) is 4.90 Å². The van der Waals surface area contributed by atoms with E-state index in [1.54, 1.807) is 16.2 Å². The highest BCUT2D eigenvalue weighted by molar-refractivity contribution is 7.13. The van der Waals surface area contributed by atoms with Crippen molar-refractivity contribution in [3.63, 3.8) is 0 Å². The zero-order valence-corrected chi connectivity index (χ0v) is 16.2. The lowest BCUT2D eigenvalue weighted by Gasteiger charge is -2.23. The van der Waals surface area contributed by atoms with Gasteiger partial charge in [-0.05, 0) is 46.8 Å². The molecule has 0 aliphatic heterocycles. The Balaban J connectivity index is 1.58. The number of carbonyl (C=O) groups is 1. The zero-order valence-electron chi connectivity index (χ0n) is 15.4. The number of benzene rings is 2. The van der Waals surface area contributed by atoms with Crippen LogP contribution in [0.3, 0.4) is 0 Å². The van der Waals surface area contributed by atoms with Crippen LogP contribution in [0.1, 0.15) is 11.1 Å². The van der Waals surface area contributed by atoms with Gasteiger partial charge in [-0.15, -0.1) is 21.5 Å². The van der Waals surface area contributed by atoms with Crippen LogP contribution in [0, 0.1) is 6.92 Å². The van der Waals surface area contributed by atoms with Gasteiger partial charge in [-0.25, -0.2) is 0 Å². The van der Waals surface area contributed by atoms with Gasteiger partial charge in [0.15, 0.2) is 0 Å². The fraction of sp³-hybridized carbons (Fsp3) is 0.143. The molecule has 28 heavy (non-hydrogen) atoms. The number of anilines is 1. The molecule has 6 nitrogen and oxygen atoms in total. The molecule has 2 heterocycles. The molecule has 2 aromatic carbocycles. The first kappa shape index (κ1) is 18.1. The molecule has 7 heteroatoms. The lowest BCUT2D eigenvalue weighted by Crippen LogP contribution is -2.34. The minimum absolute atomic E-state index is 0.0269. The molecule has 2 aromatic heterocycles. The molecule has 0 aliphatic rings. The van der Waals surface area contributed by atoms with E-state index >= 15 is 0 Å². The van der Waals surface area contributed by atoms with Crippen LogP contribution in [0.15, 0.2) is 72.1 Å². The van der Waals surface area contributed by atoms with Gasteiger partial charge >= 0.3 is 0 Å². The van der Waals surface area contributed by atoms with Crippen molar-refractivity contribution in [3.8, 4) is 10.7 Å². The Morgan fingerprint density at radius 1 is 1.07 bits per heavy atom. The number of hydrogen-bond acceptors (Lipinski definition) is 5. The number of amides is 1. The van der Waals surface area contributed by atoms with Crippen molar-refractivity contribution in [2.45, 2.75) is 20.0 Å². The van der Waals surface area contributed by atoms with Gasteiger partial charge in [0, 0.05) is 5.69 Å². The summed E-state index contributed by atoms with van der Waals surface area (Å²) in [5, 5.41) is 14.4. The molecule has 0 N–H and O–H groups in total. The number of aryl methyl sites for hydroxylation is 1. The summed E-state index contributed by atoms with van der Waals surface area (Å²) >= 11 is 1.54. The molecule has 0 saturated carbocycles. The molecule has 4 rings (SSSR count). The van der Waals surface area contributed by atoms with Gasteiger partial charge in [-0.3, -0.25) is 4.79 Å². The Kier molecular flexibility index (Phi) is 5.25. The van der Waals surface area contributed by atoms with Gasteiger partial charge in [-0.2, -0.15) is 4.80 Å². The molecule has 1 amide bonds. The summed E-state index contributed by atoms with van der Waals surface area (Å²) in [7, 11) is 0. The molecule has 0 radical (unpaired) electrons. The first-order valence-electron chi connectivity index (χ1n) is 8.92. The molecular weight excluding hydrogens is 370 g/mol. The van der Waals surface area contributed by atoms with Crippen molar-refractivity contribution in [1.82, 2.24) is 20.2 Å². The van der Waals surface area contributed by atoms with Crippen LogP contribution in [0.25, 0.3) is 10.7 Å². The molecule has 140 valence electrons. The van der Waals surface area contributed by atoms with Gasteiger partial charge in [0.05, 0.1) is 11.4 Å². The molecule has 0 aliphatic carbocycles.